The van der Waals surface area contributed by atoms with Crippen LogP contribution in [0.25, 0.3) is 0 Å². The van der Waals surface area contributed by atoms with Gasteiger partial charge < -0.3 is 10.5 Å². The zero-order valence-corrected chi connectivity index (χ0v) is 11.2. The molecule has 6 heteroatoms. The highest BCUT2D eigenvalue weighted by molar-refractivity contribution is 9.10. The first kappa shape index (κ1) is 13.5. The SMILES string of the molecule is N=C(N)c1ccc(Oc2cccc(F)c2F)c(Br)c1. The Morgan fingerprint density at radius 2 is 1.89 bits per heavy atom. The summed E-state index contributed by atoms with van der Waals surface area (Å²) in [6, 6.07) is 8.32. The van der Waals surface area contributed by atoms with Gasteiger partial charge in [-0.15, -0.1) is 0 Å². The zero-order chi connectivity index (χ0) is 14.0. The van der Waals surface area contributed by atoms with Crippen molar-refractivity contribution in [3.63, 3.8) is 0 Å². The van der Waals surface area contributed by atoms with Crippen molar-refractivity contribution in [3.05, 3.63) is 58.1 Å². The summed E-state index contributed by atoms with van der Waals surface area (Å²) in [5.41, 5.74) is 5.84. The van der Waals surface area contributed by atoms with Crippen LogP contribution in [0.5, 0.6) is 11.5 Å². The third-order valence-electron chi connectivity index (χ3n) is 2.38. The number of nitrogen functional groups attached to an aromatic ring is 1. The minimum absolute atomic E-state index is 0.0933. The standard InChI is InChI=1S/C13H9BrF2N2O/c14-8-6-7(13(17)18)4-5-10(8)19-11-3-1-2-9(15)12(11)16/h1-6H,(H3,17,18). The van der Waals surface area contributed by atoms with Crippen LogP contribution in [0.15, 0.2) is 40.9 Å². The molecule has 0 spiro atoms. The van der Waals surface area contributed by atoms with Crippen molar-refractivity contribution in [2.45, 2.75) is 0 Å². The van der Waals surface area contributed by atoms with Gasteiger partial charge in [0.15, 0.2) is 11.6 Å². The molecule has 0 amide bonds. The number of nitrogens with one attached hydrogen (secondary N) is 1. The van der Waals surface area contributed by atoms with E-state index in [9.17, 15) is 8.78 Å². The van der Waals surface area contributed by atoms with Gasteiger partial charge in [-0.05, 0) is 46.3 Å². The molecule has 0 fully saturated rings. The molecule has 0 unspecified atom stereocenters. The molecule has 0 bridgehead atoms. The maximum absolute atomic E-state index is 13.5. The molecule has 0 saturated heterocycles. The molecule has 0 aromatic heterocycles. The Bertz CT molecular complexity index is 647. The summed E-state index contributed by atoms with van der Waals surface area (Å²) >= 11 is 3.22. The Kier molecular flexibility index (Phi) is 3.80. The quantitative estimate of drug-likeness (QED) is 0.665. The Morgan fingerprint density at radius 1 is 1.16 bits per heavy atom. The predicted molar refractivity (Wildman–Crippen MR) is 71.6 cm³/mol. The molecule has 19 heavy (non-hydrogen) atoms. The lowest BCUT2D eigenvalue weighted by Crippen LogP contribution is -2.10. The topological polar surface area (TPSA) is 59.1 Å². The molecule has 0 aliphatic carbocycles. The maximum Gasteiger partial charge on any atom is 0.201 e. The van der Waals surface area contributed by atoms with Crippen molar-refractivity contribution in [1.82, 2.24) is 0 Å². The number of hydrogen-bond donors (Lipinski definition) is 2. The monoisotopic (exact) mass is 326 g/mol. The lowest BCUT2D eigenvalue weighted by molar-refractivity contribution is 0.414. The summed E-state index contributed by atoms with van der Waals surface area (Å²) in [6.45, 7) is 0. The summed E-state index contributed by atoms with van der Waals surface area (Å²) in [5, 5.41) is 7.29. The van der Waals surface area contributed by atoms with E-state index in [-0.39, 0.29) is 11.6 Å². The molecular formula is C13H9BrF2N2O. The second kappa shape index (κ2) is 5.36. The summed E-state index contributed by atoms with van der Waals surface area (Å²) in [7, 11) is 0. The first-order valence-electron chi connectivity index (χ1n) is 5.25. The maximum atomic E-state index is 13.5. The van der Waals surface area contributed by atoms with Gasteiger partial charge in [0.1, 0.15) is 11.6 Å². The Morgan fingerprint density at radius 3 is 2.53 bits per heavy atom. The van der Waals surface area contributed by atoms with Gasteiger partial charge in [0.05, 0.1) is 4.47 Å². The number of hydrogen-bond acceptors (Lipinski definition) is 2. The van der Waals surface area contributed by atoms with E-state index < -0.39 is 11.6 Å². The smallest absolute Gasteiger partial charge is 0.201 e. The number of ether oxygens (including phenoxy) is 1. The summed E-state index contributed by atoms with van der Waals surface area (Å²) in [4.78, 5) is 0. The molecule has 0 radical (unpaired) electrons. The number of rotatable bonds is 3. The first-order valence-corrected chi connectivity index (χ1v) is 6.04. The fourth-order valence-corrected chi connectivity index (χ4v) is 1.89. The van der Waals surface area contributed by atoms with Crippen LogP contribution in [0.3, 0.4) is 0 Å². The van der Waals surface area contributed by atoms with E-state index in [0.717, 1.165) is 6.07 Å². The molecule has 3 nitrogen and oxygen atoms in total. The minimum atomic E-state index is -1.05. The van der Waals surface area contributed by atoms with Gasteiger partial charge in [-0.3, -0.25) is 5.41 Å². The number of amidine groups is 1. The van der Waals surface area contributed by atoms with Crippen molar-refractivity contribution in [2.24, 2.45) is 5.73 Å². The summed E-state index contributed by atoms with van der Waals surface area (Å²) in [6.07, 6.45) is 0. The molecule has 2 aromatic carbocycles. The number of nitrogens with two attached hydrogens (primary N) is 1. The Labute approximate surface area is 116 Å². The van der Waals surface area contributed by atoms with Crippen LogP contribution in [0.2, 0.25) is 0 Å². The highest BCUT2D eigenvalue weighted by Gasteiger charge is 2.12. The first-order chi connectivity index (χ1) is 8.99. The summed E-state index contributed by atoms with van der Waals surface area (Å²) < 4.78 is 32.3. The van der Waals surface area contributed by atoms with Crippen molar-refractivity contribution < 1.29 is 13.5 Å². The van der Waals surface area contributed by atoms with Gasteiger partial charge in [0, 0.05) is 5.56 Å². The average Bonchev–Trinajstić information content (AvgIpc) is 2.37. The van der Waals surface area contributed by atoms with Gasteiger partial charge >= 0.3 is 0 Å². The van der Waals surface area contributed by atoms with E-state index in [2.05, 4.69) is 15.9 Å². The number of benzene rings is 2. The average molecular weight is 327 g/mol. The fourth-order valence-electron chi connectivity index (χ4n) is 1.43. The molecule has 98 valence electrons. The van der Waals surface area contributed by atoms with E-state index >= 15 is 0 Å². The highest BCUT2D eigenvalue weighted by atomic mass is 79.9. The second-order valence-electron chi connectivity index (χ2n) is 3.71. The van der Waals surface area contributed by atoms with E-state index in [1.807, 2.05) is 0 Å². The molecule has 0 atom stereocenters. The van der Waals surface area contributed by atoms with Crippen LogP contribution in [0.1, 0.15) is 5.56 Å². The van der Waals surface area contributed by atoms with Crippen molar-refractivity contribution in [3.8, 4) is 11.5 Å². The van der Waals surface area contributed by atoms with Crippen molar-refractivity contribution >= 4 is 21.8 Å². The van der Waals surface area contributed by atoms with Crippen molar-refractivity contribution in [1.29, 1.82) is 5.41 Å². The zero-order valence-electron chi connectivity index (χ0n) is 9.58. The highest BCUT2D eigenvalue weighted by Crippen LogP contribution is 2.32. The molecule has 2 rings (SSSR count). The van der Waals surface area contributed by atoms with Crippen LogP contribution >= 0.6 is 15.9 Å². The Balaban J connectivity index is 2.34. The van der Waals surface area contributed by atoms with Crippen LogP contribution in [-0.2, 0) is 0 Å². The largest absolute Gasteiger partial charge is 0.453 e. The van der Waals surface area contributed by atoms with Crippen LogP contribution < -0.4 is 10.5 Å². The fraction of sp³-hybridized carbons (Fsp3) is 0. The predicted octanol–water partition coefficient (Wildman–Crippen LogP) is 3.80. The molecule has 0 aliphatic heterocycles. The van der Waals surface area contributed by atoms with E-state index in [1.165, 1.54) is 18.2 Å². The van der Waals surface area contributed by atoms with Crippen LogP contribution in [0.4, 0.5) is 8.78 Å². The van der Waals surface area contributed by atoms with E-state index in [1.54, 1.807) is 12.1 Å². The van der Waals surface area contributed by atoms with Crippen molar-refractivity contribution in [2.75, 3.05) is 0 Å². The molecule has 0 aliphatic rings. The third-order valence-corrected chi connectivity index (χ3v) is 3.00. The van der Waals surface area contributed by atoms with Crippen LogP contribution in [-0.4, -0.2) is 5.84 Å². The molecule has 3 N–H and O–H groups in total. The molecule has 0 heterocycles. The van der Waals surface area contributed by atoms with Gasteiger partial charge in [-0.25, -0.2) is 4.39 Å². The number of halogens is 3. The molecule has 2 aromatic rings. The molecular weight excluding hydrogens is 318 g/mol. The van der Waals surface area contributed by atoms with Gasteiger partial charge in [-0.2, -0.15) is 4.39 Å². The lowest BCUT2D eigenvalue weighted by atomic mass is 10.2. The second-order valence-corrected chi connectivity index (χ2v) is 4.57. The van der Waals surface area contributed by atoms with Gasteiger partial charge in [-0.1, -0.05) is 6.07 Å². The Hall–Kier alpha value is -1.95. The third kappa shape index (κ3) is 2.90. The minimum Gasteiger partial charge on any atom is -0.453 e. The van der Waals surface area contributed by atoms with E-state index in [0.29, 0.717) is 15.8 Å². The lowest BCUT2D eigenvalue weighted by Gasteiger charge is -2.10. The normalized spacial score (nSPS) is 10.3. The van der Waals surface area contributed by atoms with Gasteiger partial charge in [0.25, 0.3) is 0 Å². The summed E-state index contributed by atoms with van der Waals surface area (Å²) in [5.74, 6) is -2.03. The van der Waals surface area contributed by atoms with Crippen LogP contribution in [0, 0.1) is 17.0 Å². The van der Waals surface area contributed by atoms with Gasteiger partial charge in [0.2, 0.25) is 5.82 Å². The van der Waals surface area contributed by atoms with E-state index in [4.69, 9.17) is 15.9 Å². The molecule has 0 saturated carbocycles.